The first-order chi connectivity index (χ1) is 8.54. The third-order valence-electron chi connectivity index (χ3n) is 6.01. The Morgan fingerprint density at radius 3 is 2.44 bits per heavy atom. The number of hydrogen-bond acceptors (Lipinski definition) is 1. The average molecular weight is 244 g/mol. The monoisotopic (exact) mass is 244 g/mol. The van der Waals surface area contributed by atoms with Crippen LogP contribution in [0.25, 0.3) is 0 Å². The van der Waals surface area contributed by atoms with E-state index in [1.165, 1.54) is 24.8 Å². The first kappa shape index (κ1) is 12.2. The van der Waals surface area contributed by atoms with Crippen molar-refractivity contribution in [2.24, 2.45) is 16.7 Å². The summed E-state index contributed by atoms with van der Waals surface area (Å²) in [6.07, 6.45) is 4.45. The van der Waals surface area contributed by atoms with E-state index in [4.69, 9.17) is 4.74 Å². The standard InChI is InChI=1S/C17H24O/c1-16(2)14-9-10-17(16,3)15(11-14)18-12-13-7-5-4-6-8-13/h4-8,14-15H,9-12H2,1-3H3. The van der Waals surface area contributed by atoms with Crippen LogP contribution in [0.15, 0.2) is 30.3 Å². The van der Waals surface area contributed by atoms with Crippen molar-refractivity contribution in [3.05, 3.63) is 35.9 Å². The third kappa shape index (κ3) is 1.64. The first-order valence-corrected chi connectivity index (χ1v) is 7.19. The molecule has 3 unspecified atom stereocenters. The summed E-state index contributed by atoms with van der Waals surface area (Å²) in [5, 5.41) is 0. The average Bonchev–Trinajstić information content (AvgIpc) is 2.70. The predicted molar refractivity (Wildman–Crippen MR) is 74.2 cm³/mol. The zero-order chi connectivity index (χ0) is 12.8. The summed E-state index contributed by atoms with van der Waals surface area (Å²) in [6.45, 7) is 8.09. The van der Waals surface area contributed by atoms with Crippen LogP contribution in [0.2, 0.25) is 0 Å². The van der Waals surface area contributed by atoms with E-state index >= 15 is 0 Å². The lowest BCUT2D eigenvalue weighted by Gasteiger charge is -2.38. The van der Waals surface area contributed by atoms with Crippen LogP contribution in [-0.4, -0.2) is 6.10 Å². The van der Waals surface area contributed by atoms with E-state index in [1.807, 2.05) is 0 Å². The molecule has 1 aromatic rings. The smallest absolute Gasteiger partial charge is 0.0720 e. The molecule has 0 aliphatic heterocycles. The van der Waals surface area contributed by atoms with Crippen molar-refractivity contribution in [2.75, 3.05) is 0 Å². The molecule has 2 aliphatic rings. The van der Waals surface area contributed by atoms with Gasteiger partial charge in [-0.2, -0.15) is 0 Å². The maximum absolute atomic E-state index is 6.26. The van der Waals surface area contributed by atoms with Crippen molar-refractivity contribution in [1.29, 1.82) is 0 Å². The quantitative estimate of drug-likeness (QED) is 0.765. The minimum atomic E-state index is 0.381. The second kappa shape index (κ2) is 4.09. The Morgan fingerprint density at radius 2 is 1.89 bits per heavy atom. The van der Waals surface area contributed by atoms with Gasteiger partial charge in [-0.1, -0.05) is 51.1 Å². The molecular formula is C17H24O. The van der Waals surface area contributed by atoms with Crippen molar-refractivity contribution >= 4 is 0 Å². The van der Waals surface area contributed by atoms with Crippen molar-refractivity contribution in [3.8, 4) is 0 Å². The van der Waals surface area contributed by atoms with Crippen molar-refractivity contribution in [2.45, 2.75) is 52.7 Å². The minimum absolute atomic E-state index is 0.381. The van der Waals surface area contributed by atoms with Gasteiger partial charge in [0.2, 0.25) is 0 Å². The van der Waals surface area contributed by atoms with Crippen LogP contribution in [0.5, 0.6) is 0 Å². The molecule has 2 bridgehead atoms. The molecular weight excluding hydrogens is 220 g/mol. The Bertz CT molecular complexity index is 422. The van der Waals surface area contributed by atoms with Crippen LogP contribution in [0, 0.1) is 16.7 Å². The summed E-state index contributed by atoms with van der Waals surface area (Å²) in [5.74, 6) is 0.864. The Labute approximate surface area is 111 Å². The summed E-state index contributed by atoms with van der Waals surface area (Å²) in [6, 6.07) is 10.5. The normalized spacial score (nSPS) is 37.1. The fourth-order valence-electron chi connectivity index (χ4n) is 4.15. The van der Waals surface area contributed by atoms with Gasteiger partial charge in [-0.15, -0.1) is 0 Å². The molecule has 0 radical (unpaired) electrons. The Kier molecular flexibility index (Phi) is 2.78. The van der Waals surface area contributed by atoms with Gasteiger partial charge in [-0.25, -0.2) is 0 Å². The third-order valence-corrected chi connectivity index (χ3v) is 6.01. The lowest BCUT2D eigenvalue weighted by atomic mass is 9.70. The van der Waals surface area contributed by atoms with Crippen molar-refractivity contribution in [3.63, 3.8) is 0 Å². The topological polar surface area (TPSA) is 9.23 Å². The molecule has 0 N–H and O–H groups in total. The molecule has 3 atom stereocenters. The van der Waals surface area contributed by atoms with E-state index in [0.29, 0.717) is 16.9 Å². The van der Waals surface area contributed by atoms with Crippen LogP contribution in [-0.2, 0) is 11.3 Å². The highest BCUT2D eigenvalue weighted by Crippen LogP contribution is 2.66. The van der Waals surface area contributed by atoms with E-state index in [-0.39, 0.29) is 0 Å². The van der Waals surface area contributed by atoms with Crippen LogP contribution in [0.1, 0.15) is 45.6 Å². The Hall–Kier alpha value is -0.820. The van der Waals surface area contributed by atoms with E-state index in [1.54, 1.807) is 0 Å². The van der Waals surface area contributed by atoms with Crippen molar-refractivity contribution < 1.29 is 4.74 Å². The van der Waals surface area contributed by atoms with E-state index in [0.717, 1.165) is 12.5 Å². The fourth-order valence-corrected chi connectivity index (χ4v) is 4.15. The minimum Gasteiger partial charge on any atom is -0.373 e. The molecule has 0 heterocycles. The van der Waals surface area contributed by atoms with Crippen molar-refractivity contribution in [1.82, 2.24) is 0 Å². The van der Waals surface area contributed by atoms with Gasteiger partial charge in [0.15, 0.2) is 0 Å². The molecule has 0 saturated heterocycles. The van der Waals surface area contributed by atoms with E-state index in [9.17, 15) is 0 Å². The van der Waals surface area contributed by atoms with Crippen LogP contribution >= 0.6 is 0 Å². The molecule has 0 spiro atoms. The SMILES string of the molecule is CC1(C)C2CCC1(C)C(OCc1ccccc1)C2. The van der Waals surface area contributed by atoms with Gasteiger partial charge >= 0.3 is 0 Å². The molecule has 1 heteroatoms. The van der Waals surface area contributed by atoms with Gasteiger partial charge in [0.25, 0.3) is 0 Å². The van der Waals surface area contributed by atoms with E-state index in [2.05, 4.69) is 51.1 Å². The summed E-state index contributed by atoms with van der Waals surface area (Å²) in [5.41, 5.74) is 2.13. The lowest BCUT2D eigenvalue weighted by Crippen LogP contribution is -2.37. The molecule has 2 saturated carbocycles. The van der Waals surface area contributed by atoms with Gasteiger partial charge in [0.05, 0.1) is 12.7 Å². The number of rotatable bonds is 3. The Balaban J connectivity index is 1.69. The zero-order valence-electron chi connectivity index (χ0n) is 11.8. The molecule has 3 rings (SSSR count). The second-order valence-electron chi connectivity index (χ2n) is 6.90. The summed E-state index contributed by atoms with van der Waals surface area (Å²) in [7, 11) is 0. The number of ether oxygens (including phenoxy) is 1. The Morgan fingerprint density at radius 1 is 1.17 bits per heavy atom. The largest absolute Gasteiger partial charge is 0.373 e. The predicted octanol–water partition coefficient (Wildman–Crippen LogP) is 4.42. The highest BCUT2D eigenvalue weighted by molar-refractivity contribution is 5.15. The highest BCUT2D eigenvalue weighted by atomic mass is 16.5. The summed E-state index contributed by atoms with van der Waals surface area (Å²) >= 11 is 0. The molecule has 1 aromatic carbocycles. The van der Waals surface area contributed by atoms with Gasteiger partial charge in [0.1, 0.15) is 0 Å². The molecule has 1 nitrogen and oxygen atoms in total. The summed E-state index contributed by atoms with van der Waals surface area (Å²) < 4.78 is 6.26. The van der Waals surface area contributed by atoms with Crippen LogP contribution in [0.3, 0.4) is 0 Å². The van der Waals surface area contributed by atoms with E-state index < -0.39 is 0 Å². The number of benzene rings is 1. The molecule has 98 valence electrons. The van der Waals surface area contributed by atoms with Gasteiger partial charge in [-0.3, -0.25) is 0 Å². The molecule has 0 amide bonds. The number of fused-ring (bicyclic) bond motifs is 2. The fraction of sp³-hybridized carbons (Fsp3) is 0.647. The molecule has 2 aliphatic carbocycles. The van der Waals surface area contributed by atoms with Crippen LogP contribution in [0.4, 0.5) is 0 Å². The highest BCUT2D eigenvalue weighted by Gasteiger charge is 2.61. The molecule has 18 heavy (non-hydrogen) atoms. The molecule has 0 aromatic heterocycles. The van der Waals surface area contributed by atoms with Gasteiger partial charge in [-0.05, 0) is 41.6 Å². The zero-order valence-corrected chi connectivity index (χ0v) is 11.8. The first-order valence-electron chi connectivity index (χ1n) is 7.19. The summed E-state index contributed by atoms with van der Waals surface area (Å²) in [4.78, 5) is 0. The van der Waals surface area contributed by atoms with Gasteiger partial charge in [0, 0.05) is 0 Å². The maximum Gasteiger partial charge on any atom is 0.0720 e. The van der Waals surface area contributed by atoms with Crippen LogP contribution < -0.4 is 0 Å². The molecule has 2 fully saturated rings. The maximum atomic E-state index is 6.26. The van der Waals surface area contributed by atoms with Gasteiger partial charge < -0.3 is 4.74 Å². The number of hydrogen-bond donors (Lipinski definition) is 0. The lowest BCUT2D eigenvalue weighted by molar-refractivity contribution is -0.0550. The second-order valence-corrected chi connectivity index (χ2v) is 6.90.